The van der Waals surface area contributed by atoms with Gasteiger partial charge in [-0.2, -0.15) is 0 Å². The average Bonchev–Trinajstić information content (AvgIpc) is 3.06. The highest BCUT2D eigenvalue weighted by molar-refractivity contribution is 5.95. The van der Waals surface area contributed by atoms with Gasteiger partial charge >= 0.3 is 0 Å². The maximum atomic E-state index is 12.3. The van der Waals surface area contributed by atoms with Gasteiger partial charge in [-0.25, -0.2) is 0 Å². The van der Waals surface area contributed by atoms with Crippen LogP contribution in [0.5, 0.6) is 0 Å². The third-order valence-corrected chi connectivity index (χ3v) is 3.99. The Balaban J connectivity index is 1.71. The van der Waals surface area contributed by atoms with Crippen LogP contribution in [0, 0.1) is 6.92 Å². The Labute approximate surface area is 131 Å². The standard InChI is InChI=1S/C19H21NO2/c1-14-5-2-6-15(11-14)16-7-3-8-17(12-16)19(21)20-13-18-9-4-10-22-18/h2-3,5-8,11-12,18H,4,9-10,13H2,1H3,(H,20,21). The number of rotatable bonds is 4. The number of hydrogen-bond acceptors (Lipinski definition) is 2. The first-order valence-electron chi connectivity index (χ1n) is 7.79. The first kappa shape index (κ1) is 14.8. The first-order valence-corrected chi connectivity index (χ1v) is 7.79. The fourth-order valence-electron chi connectivity index (χ4n) is 2.78. The molecule has 1 heterocycles. The molecule has 1 aliphatic rings. The van der Waals surface area contributed by atoms with E-state index in [1.54, 1.807) is 0 Å². The van der Waals surface area contributed by atoms with Gasteiger partial charge in [-0.05, 0) is 43.0 Å². The summed E-state index contributed by atoms with van der Waals surface area (Å²) in [5.74, 6) is -0.0370. The number of hydrogen-bond donors (Lipinski definition) is 1. The molecule has 2 aromatic rings. The number of amides is 1. The largest absolute Gasteiger partial charge is 0.376 e. The van der Waals surface area contributed by atoms with E-state index >= 15 is 0 Å². The van der Waals surface area contributed by atoms with Crippen molar-refractivity contribution in [3.05, 3.63) is 59.7 Å². The smallest absolute Gasteiger partial charge is 0.251 e. The van der Waals surface area contributed by atoms with Crippen molar-refractivity contribution in [2.45, 2.75) is 25.9 Å². The molecule has 1 atom stereocenters. The summed E-state index contributed by atoms with van der Waals surface area (Å²) in [6, 6.07) is 16.1. The normalized spacial score (nSPS) is 17.4. The van der Waals surface area contributed by atoms with Gasteiger partial charge in [0.1, 0.15) is 0 Å². The van der Waals surface area contributed by atoms with Gasteiger partial charge in [0.05, 0.1) is 6.10 Å². The Morgan fingerprint density at radius 3 is 2.68 bits per heavy atom. The van der Waals surface area contributed by atoms with Crippen molar-refractivity contribution in [2.24, 2.45) is 0 Å². The van der Waals surface area contributed by atoms with Gasteiger partial charge in [0.25, 0.3) is 5.91 Å². The second kappa shape index (κ2) is 6.75. The van der Waals surface area contributed by atoms with Crippen LogP contribution in [-0.4, -0.2) is 25.2 Å². The van der Waals surface area contributed by atoms with E-state index in [9.17, 15) is 4.79 Å². The van der Waals surface area contributed by atoms with Crippen molar-refractivity contribution in [3.63, 3.8) is 0 Å². The minimum Gasteiger partial charge on any atom is -0.376 e. The summed E-state index contributed by atoms with van der Waals surface area (Å²) in [5, 5.41) is 2.97. The second-order valence-corrected chi connectivity index (χ2v) is 5.80. The Bertz CT molecular complexity index is 660. The molecule has 0 aliphatic carbocycles. The molecule has 3 heteroatoms. The summed E-state index contributed by atoms with van der Waals surface area (Å²) in [6.07, 6.45) is 2.29. The van der Waals surface area contributed by atoms with E-state index in [4.69, 9.17) is 4.74 Å². The number of carbonyl (C=O) groups is 1. The SMILES string of the molecule is Cc1cccc(-c2cccc(C(=O)NCC3CCCO3)c2)c1. The van der Waals surface area contributed by atoms with Gasteiger partial charge in [-0.3, -0.25) is 4.79 Å². The van der Waals surface area contributed by atoms with Crippen LogP contribution in [0.2, 0.25) is 0 Å². The van der Waals surface area contributed by atoms with Gasteiger partial charge in [0, 0.05) is 18.7 Å². The third kappa shape index (κ3) is 3.55. The summed E-state index contributed by atoms with van der Waals surface area (Å²) in [6.45, 7) is 3.47. The van der Waals surface area contributed by atoms with E-state index in [1.807, 2.05) is 30.3 Å². The van der Waals surface area contributed by atoms with Gasteiger partial charge in [0.15, 0.2) is 0 Å². The van der Waals surface area contributed by atoms with Crippen molar-refractivity contribution in [1.29, 1.82) is 0 Å². The molecule has 1 aliphatic heterocycles. The lowest BCUT2D eigenvalue weighted by Crippen LogP contribution is -2.31. The molecule has 1 amide bonds. The fraction of sp³-hybridized carbons (Fsp3) is 0.316. The Morgan fingerprint density at radius 1 is 1.18 bits per heavy atom. The quantitative estimate of drug-likeness (QED) is 0.936. The molecule has 0 radical (unpaired) electrons. The van der Waals surface area contributed by atoms with Crippen molar-refractivity contribution < 1.29 is 9.53 Å². The zero-order chi connectivity index (χ0) is 15.4. The predicted molar refractivity (Wildman–Crippen MR) is 87.9 cm³/mol. The van der Waals surface area contributed by atoms with E-state index in [-0.39, 0.29) is 12.0 Å². The average molecular weight is 295 g/mol. The van der Waals surface area contributed by atoms with Crippen molar-refractivity contribution in [3.8, 4) is 11.1 Å². The fourth-order valence-corrected chi connectivity index (χ4v) is 2.78. The molecular formula is C19H21NO2. The molecule has 1 saturated heterocycles. The minimum atomic E-state index is -0.0370. The Kier molecular flexibility index (Phi) is 4.54. The Morgan fingerprint density at radius 2 is 1.95 bits per heavy atom. The molecule has 114 valence electrons. The van der Waals surface area contributed by atoms with Crippen LogP contribution in [0.1, 0.15) is 28.8 Å². The summed E-state index contributed by atoms with van der Waals surface area (Å²) in [5.41, 5.74) is 4.10. The Hall–Kier alpha value is -2.13. The van der Waals surface area contributed by atoms with E-state index in [0.29, 0.717) is 12.1 Å². The van der Waals surface area contributed by atoms with Gasteiger partial charge in [-0.15, -0.1) is 0 Å². The highest BCUT2D eigenvalue weighted by Crippen LogP contribution is 2.21. The van der Waals surface area contributed by atoms with E-state index < -0.39 is 0 Å². The lowest BCUT2D eigenvalue weighted by molar-refractivity contribution is 0.0858. The van der Waals surface area contributed by atoms with E-state index in [1.165, 1.54) is 5.56 Å². The lowest BCUT2D eigenvalue weighted by atomic mass is 10.0. The highest BCUT2D eigenvalue weighted by Gasteiger charge is 2.16. The van der Waals surface area contributed by atoms with Crippen LogP contribution in [-0.2, 0) is 4.74 Å². The molecule has 1 N–H and O–H groups in total. The summed E-state index contributed by atoms with van der Waals surface area (Å²) >= 11 is 0. The second-order valence-electron chi connectivity index (χ2n) is 5.80. The van der Waals surface area contributed by atoms with Gasteiger partial charge < -0.3 is 10.1 Å². The van der Waals surface area contributed by atoms with Crippen LogP contribution >= 0.6 is 0 Å². The summed E-state index contributed by atoms with van der Waals surface area (Å²) in [4.78, 5) is 12.3. The molecule has 0 saturated carbocycles. The number of benzene rings is 2. The number of ether oxygens (including phenoxy) is 1. The molecule has 1 unspecified atom stereocenters. The monoisotopic (exact) mass is 295 g/mol. The molecule has 0 bridgehead atoms. The number of aryl methyl sites for hydroxylation is 1. The maximum absolute atomic E-state index is 12.3. The zero-order valence-corrected chi connectivity index (χ0v) is 12.8. The summed E-state index contributed by atoms with van der Waals surface area (Å²) < 4.78 is 5.53. The lowest BCUT2D eigenvalue weighted by Gasteiger charge is -2.11. The van der Waals surface area contributed by atoms with Crippen LogP contribution in [0.25, 0.3) is 11.1 Å². The van der Waals surface area contributed by atoms with Crippen LogP contribution in [0.4, 0.5) is 0 Å². The zero-order valence-electron chi connectivity index (χ0n) is 12.8. The van der Waals surface area contributed by atoms with Gasteiger partial charge in [-0.1, -0.05) is 42.0 Å². The molecule has 0 aromatic heterocycles. The van der Waals surface area contributed by atoms with Crippen molar-refractivity contribution in [2.75, 3.05) is 13.2 Å². The van der Waals surface area contributed by atoms with Gasteiger partial charge in [0.2, 0.25) is 0 Å². The molecule has 0 spiro atoms. The van der Waals surface area contributed by atoms with E-state index in [2.05, 4.69) is 30.4 Å². The highest BCUT2D eigenvalue weighted by atomic mass is 16.5. The third-order valence-electron chi connectivity index (χ3n) is 3.99. The minimum absolute atomic E-state index is 0.0370. The van der Waals surface area contributed by atoms with Crippen molar-refractivity contribution >= 4 is 5.91 Å². The molecule has 3 nitrogen and oxygen atoms in total. The molecule has 1 fully saturated rings. The molecule has 2 aromatic carbocycles. The maximum Gasteiger partial charge on any atom is 0.251 e. The summed E-state index contributed by atoms with van der Waals surface area (Å²) in [7, 11) is 0. The molecule has 22 heavy (non-hydrogen) atoms. The number of nitrogens with one attached hydrogen (secondary N) is 1. The van der Waals surface area contributed by atoms with Crippen LogP contribution < -0.4 is 5.32 Å². The molecule has 3 rings (SSSR count). The van der Waals surface area contributed by atoms with Crippen molar-refractivity contribution in [1.82, 2.24) is 5.32 Å². The first-order chi connectivity index (χ1) is 10.7. The van der Waals surface area contributed by atoms with Crippen LogP contribution in [0.3, 0.4) is 0 Å². The topological polar surface area (TPSA) is 38.3 Å². The number of carbonyl (C=O) groups excluding carboxylic acids is 1. The predicted octanol–water partition coefficient (Wildman–Crippen LogP) is 3.57. The van der Waals surface area contributed by atoms with E-state index in [0.717, 1.165) is 30.6 Å². The van der Waals surface area contributed by atoms with Crippen LogP contribution in [0.15, 0.2) is 48.5 Å². The molecular weight excluding hydrogens is 274 g/mol.